The minimum Gasteiger partial charge on any atom is -0.467 e. The van der Waals surface area contributed by atoms with Crippen LogP contribution in [-0.4, -0.2) is 35.7 Å². The summed E-state index contributed by atoms with van der Waals surface area (Å²) in [7, 11) is 1.18. The lowest BCUT2D eigenvalue weighted by atomic mass is 9.91. The van der Waals surface area contributed by atoms with E-state index in [4.69, 9.17) is 0 Å². The van der Waals surface area contributed by atoms with Gasteiger partial charge in [0.2, 0.25) is 0 Å². The molecule has 0 saturated heterocycles. The first kappa shape index (κ1) is 15.9. The topological polar surface area (TPSA) is 75.6 Å². The first-order chi connectivity index (χ1) is 9.45. The van der Waals surface area contributed by atoms with Gasteiger partial charge < -0.3 is 15.2 Å². The predicted octanol–water partition coefficient (Wildman–Crippen LogP) is 1.29. The van der Waals surface area contributed by atoms with Crippen LogP contribution in [0.3, 0.4) is 0 Å². The van der Waals surface area contributed by atoms with E-state index in [1.165, 1.54) is 13.2 Å². The van der Waals surface area contributed by atoms with Crippen LogP contribution in [0.1, 0.15) is 23.7 Å². The lowest BCUT2D eigenvalue weighted by molar-refractivity contribution is -0.164. The fourth-order valence-electron chi connectivity index (χ4n) is 1.82. The summed E-state index contributed by atoms with van der Waals surface area (Å²) in [6.07, 6.45) is 1.39. The van der Waals surface area contributed by atoms with Gasteiger partial charge in [0.1, 0.15) is 0 Å². The maximum Gasteiger partial charge on any atom is 0.340 e. The molecule has 2 atom stereocenters. The molecule has 1 amide bonds. The molecule has 0 aliphatic heterocycles. The molecule has 0 spiro atoms. The zero-order valence-corrected chi connectivity index (χ0v) is 11.6. The highest BCUT2D eigenvalue weighted by Gasteiger charge is 2.42. The van der Waals surface area contributed by atoms with Crippen molar-refractivity contribution in [3.8, 4) is 0 Å². The Morgan fingerprint density at radius 3 is 2.55 bits per heavy atom. The first-order valence-corrected chi connectivity index (χ1v) is 6.23. The van der Waals surface area contributed by atoms with Gasteiger partial charge in [-0.05, 0) is 19.1 Å². The van der Waals surface area contributed by atoms with Crippen LogP contribution >= 0.6 is 0 Å². The third kappa shape index (κ3) is 3.45. The number of hydrogen-bond donors (Lipinski definition) is 2. The van der Waals surface area contributed by atoms with Gasteiger partial charge in [0.05, 0.1) is 13.2 Å². The molecule has 0 bridgehead atoms. The zero-order chi connectivity index (χ0) is 15.2. The van der Waals surface area contributed by atoms with E-state index >= 15 is 0 Å². The van der Waals surface area contributed by atoms with Crippen molar-refractivity contribution in [2.45, 2.75) is 25.0 Å². The molecule has 108 valence electrons. The van der Waals surface area contributed by atoms with Crippen LogP contribution in [0.2, 0.25) is 0 Å². The molecule has 0 radical (unpaired) electrons. The van der Waals surface area contributed by atoms with Crippen molar-refractivity contribution in [2.75, 3.05) is 7.11 Å². The number of carbonyl (C=O) groups excluding carboxylic acids is 2. The number of esters is 1. The van der Waals surface area contributed by atoms with Gasteiger partial charge in [0.25, 0.3) is 5.91 Å². The molecule has 2 N–H and O–H groups in total. The molecule has 0 aliphatic carbocycles. The predicted molar refractivity (Wildman–Crippen MR) is 75.2 cm³/mol. The summed E-state index contributed by atoms with van der Waals surface area (Å²) >= 11 is 0. The standard InChI is InChI=1S/C15H19NO4/c1-4-10-15(19,14(18)20-3)11(2)16-13(17)12-8-6-5-7-9-12/h4-9,11,19H,1,10H2,2-3H3,(H,16,17)/t11-,15-/m0/s1. The smallest absolute Gasteiger partial charge is 0.340 e. The van der Waals surface area contributed by atoms with E-state index in [1.807, 2.05) is 0 Å². The Labute approximate surface area is 118 Å². The number of hydrogen-bond acceptors (Lipinski definition) is 4. The first-order valence-electron chi connectivity index (χ1n) is 6.23. The van der Waals surface area contributed by atoms with Crippen LogP contribution in [0.25, 0.3) is 0 Å². The van der Waals surface area contributed by atoms with Gasteiger partial charge >= 0.3 is 5.97 Å². The Morgan fingerprint density at radius 1 is 1.45 bits per heavy atom. The second kappa shape index (κ2) is 6.86. The molecule has 0 heterocycles. The van der Waals surface area contributed by atoms with Gasteiger partial charge in [-0.15, -0.1) is 6.58 Å². The van der Waals surface area contributed by atoms with E-state index in [2.05, 4.69) is 16.6 Å². The van der Waals surface area contributed by atoms with Crippen LogP contribution in [0.15, 0.2) is 43.0 Å². The fourth-order valence-corrected chi connectivity index (χ4v) is 1.82. The summed E-state index contributed by atoms with van der Waals surface area (Å²) in [4.78, 5) is 23.7. The molecule has 1 rings (SSSR count). The van der Waals surface area contributed by atoms with Crippen molar-refractivity contribution in [3.63, 3.8) is 0 Å². The van der Waals surface area contributed by atoms with Crippen molar-refractivity contribution in [3.05, 3.63) is 48.6 Å². The molecule has 0 saturated carbocycles. The molecule has 0 fully saturated rings. The van der Waals surface area contributed by atoms with E-state index in [0.717, 1.165) is 0 Å². The molecule has 1 aromatic carbocycles. The highest BCUT2D eigenvalue weighted by Crippen LogP contribution is 2.18. The van der Waals surface area contributed by atoms with Crippen molar-refractivity contribution < 1.29 is 19.4 Å². The van der Waals surface area contributed by atoms with Crippen molar-refractivity contribution >= 4 is 11.9 Å². The van der Waals surface area contributed by atoms with E-state index in [9.17, 15) is 14.7 Å². The van der Waals surface area contributed by atoms with Crippen molar-refractivity contribution in [1.29, 1.82) is 0 Å². The van der Waals surface area contributed by atoms with E-state index < -0.39 is 17.6 Å². The number of carbonyl (C=O) groups is 2. The molecule has 0 aliphatic rings. The minimum atomic E-state index is -1.83. The average molecular weight is 277 g/mol. The number of nitrogens with one attached hydrogen (secondary N) is 1. The number of rotatable bonds is 6. The van der Waals surface area contributed by atoms with E-state index in [0.29, 0.717) is 5.56 Å². The average Bonchev–Trinajstić information content (AvgIpc) is 2.47. The number of aliphatic hydroxyl groups is 1. The molecule has 5 heteroatoms. The molecular formula is C15H19NO4. The van der Waals surface area contributed by atoms with Gasteiger partial charge in [-0.2, -0.15) is 0 Å². The molecule has 0 unspecified atom stereocenters. The Morgan fingerprint density at radius 2 is 2.05 bits per heavy atom. The monoisotopic (exact) mass is 277 g/mol. The number of ether oxygens (including phenoxy) is 1. The lowest BCUT2D eigenvalue weighted by Gasteiger charge is -2.30. The quantitative estimate of drug-likeness (QED) is 0.607. The summed E-state index contributed by atoms with van der Waals surface area (Å²) in [5.41, 5.74) is -1.38. The largest absolute Gasteiger partial charge is 0.467 e. The molecule has 0 aromatic heterocycles. The third-order valence-electron chi connectivity index (χ3n) is 3.09. The van der Waals surface area contributed by atoms with Crippen LogP contribution in [0.4, 0.5) is 0 Å². The molecular weight excluding hydrogens is 258 g/mol. The minimum absolute atomic E-state index is 0.0179. The maximum absolute atomic E-state index is 12.0. The van der Waals surface area contributed by atoms with Gasteiger partial charge in [-0.1, -0.05) is 24.3 Å². The molecule has 1 aromatic rings. The summed E-state index contributed by atoms with van der Waals surface area (Å²) < 4.78 is 4.59. The summed E-state index contributed by atoms with van der Waals surface area (Å²) in [6, 6.07) is 7.73. The van der Waals surface area contributed by atoms with Gasteiger partial charge in [-0.3, -0.25) is 4.79 Å². The Hall–Kier alpha value is -2.14. The summed E-state index contributed by atoms with van der Waals surface area (Å²) in [6.45, 7) is 5.04. The second-order valence-corrected chi connectivity index (χ2v) is 4.47. The van der Waals surface area contributed by atoms with Crippen LogP contribution in [0, 0.1) is 0 Å². The highest BCUT2D eigenvalue weighted by molar-refractivity contribution is 5.95. The second-order valence-electron chi connectivity index (χ2n) is 4.47. The number of amides is 1. The molecule has 20 heavy (non-hydrogen) atoms. The van der Waals surface area contributed by atoms with Gasteiger partial charge in [0.15, 0.2) is 5.60 Å². The zero-order valence-electron chi connectivity index (χ0n) is 11.6. The highest BCUT2D eigenvalue weighted by atomic mass is 16.5. The molecule has 5 nitrogen and oxygen atoms in total. The lowest BCUT2D eigenvalue weighted by Crippen LogP contribution is -2.56. The number of benzene rings is 1. The SMILES string of the molecule is C=CC[C@@](O)(C(=O)OC)[C@H](C)NC(=O)c1ccccc1. The van der Waals surface area contributed by atoms with Crippen molar-refractivity contribution in [2.24, 2.45) is 0 Å². The third-order valence-corrected chi connectivity index (χ3v) is 3.09. The maximum atomic E-state index is 12.0. The fraction of sp³-hybridized carbons (Fsp3) is 0.333. The van der Waals surface area contributed by atoms with Crippen LogP contribution in [0.5, 0.6) is 0 Å². The van der Waals surface area contributed by atoms with Gasteiger partial charge in [-0.25, -0.2) is 4.79 Å². The van der Waals surface area contributed by atoms with E-state index in [1.54, 1.807) is 37.3 Å². The Balaban J connectivity index is 2.86. The Kier molecular flexibility index (Phi) is 5.46. The number of methoxy groups -OCH3 is 1. The van der Waals surface area contributed by atoms with Crippen molar-refractivity contribution in [1.82, 2.24) is 5.32 Å². The van der Waals surface area contributed by atoms with E-state index in [-0.39, 0.29) is 12.3 Å². The normalized spacial score (nSPS) is 14.8. The summed E-state index contributed by atoms with van der Waals surface area (Å²) in [5, 5.41) is 13.0. The Bertz CT molecular complexity index is 486. The van der Waals surface area contributed by atoms with Gasteiger partial charge in [0, 0.05) is 12.0 Å². The summed E-state index contributed by atoms with van der Waals surface area (Å²) in [5.74, 6) is -1.18. The van der Waals surface area contributed by atoms with Crippen LogP contribution in [-0.2, 0) is 9.53 Å². The van der Waals surface area contributed by atoms with Crippen LogP contribution < -0.4 is 5.32 Å².